The Labute approximate surface area is 139 Å². The van der Waals surface area contributed by atoms with Gasteiger partial charge >= 0.3 is 0 Å². The molecule has 1 aromatic heterocycles. The van der Waals surface area contributed by atoms with E-state index >= 15 is 0 Å². The zero-order chi connectivity index (χ0) is 16.4. The van der Waals surface area contributed by atoms with Crippen molar-refractivity contribution in [2.45, 2.75) is 12.8 Å². The fourth-order valence-corrected chi connectivity index (χ4v) is 2.68. The van der Waals surface area contributed by atoms with E-state index in [1.165, 1.54) is 0 Å². The van der Waals surface area contributed by atoms with Crippen molar-refractivity contribution in [2.24, 2.45) is 0 Å². The van der Waals surface area contributed by atoms with Crippen molar-refractivity contribution >= 4 is 17.5 Å². The normalized spacial score (nSPS) is 13.1. The van der Waals surface area contributed by atoms with Crippen molar-refractivity contribution < 1.29 is 4.74 Å². The summed E-state index contributed by atoms with van der Waals surface area (Å²) in [5.74, 6) is 1.57. The topological polar surface area (TPSA) is 70.9 Å². The van der Waals surface area contributed by atoms with Crippen molar-refractivity contribution in [3.05, 3.63) is 66.4 Å². The van der Waals surface area contributed by atoms with Crippen LogP contribution >= 0.6 is 0 Å². The van der Waals surface area contributed by atoms with E-state index in [2.05, 4.69) is 15.3 Å². The Morgan fingerprint density at radius 3 is 2.75 bits per heavy atom. The third-order valence-corrected chi connectivity index (χ3v) is 3.90. The fraction of sp³-hybridized carbons (Fsp3) is 0.105. The number of ether oxygens (including phenoxy) is 1. The number of hydrogen-bond donors (Lipinski definition) is 2. The predicted molar refractivity (Wildman–Crippen MR) is 93.9 cm³/mol. The molecule has 1 aliphatic heterocycles. The third-order valence-electron chi connectivity index (χ3n) is 3.90. The highest BCUT2D eigenvalue weighted by Crippen LogP contribution is 2.29. The quantitative estimate of drug-likeness (QED) is 0.760. The Kier molecular flexibility index (Phi) is 3.67. The van der Waals surface area contributed by atoms with Gasteiger partial charge in [-0.1, -0.05) is 36.4 Å². The van der Waals surface area contributed by atoms with Crippen LogP contribution in [-0.4, -0.2) is 15.9 Å². The molecule has 0 saturated heterocycles. The molecule has 2 N–H and O–H groups in total. The lowest BCUT2D eigenvalue weighted by molar-refractivity contribution is 0.499. The molecule has 0 unspecified atom stereocenters. The maximum atomic E-state index is 7.67. The molecule has 3 aromatic rings. The van der Waals surface area contributed by atoms with Gasteiger partial charge in [0, 0.05) is 29.9 Å². The number of nitrogens with zero attached hydrogens (tertiary/aromatic N) is 2. The first-order valence-corrected chi connectivity index (χ1v) is 7.82. The number of benzene rings is 2. The van der Waals surface area contributed by atoms with Crippen molar-refractivity contribution in [1.82, 2.24) is 9.97 Å². The molecular formula is C19H16N4O. The molecule has 0 radical (unpaired) electrons. The molecule has 1 aliphatic rings. The van der Waals surface area contributed by atoms with E-state index in [0.29, 0.717) is 18.3 Å². The molecule has 0 saturated carbocycles. The second kappa shape index (κ2) is 6.12. The molecule has 5 nitrogen and oxygen atoms in total. The first-order valence-electron chi connectivity index (χ1n) is 7.82. The van der Waals surface area contributed by atoms with Crippen LogP contribution in [0.15, 0.2) is 60.8 Å². The molecule has 0 atom stereocenters. The van der Waals surface area contributed by atoms with Gasteiger partial charge in [-0.05, 0) is 24.1 Å². The number of aryl methyl sites for hydroxylation is 1. The fourth-order valence-electron chi connectivity index (χ4n) is 2.68. The highest BCUT2D eigenvalue weighted by atomic mass is 16.5. The minimum atomic E-state index is 0.307. The lowest BCUT2D eigenvalue weighted by Crippen LogP contribution is -2.15. The van der Waals surface area contributed by atoms with Gasteiger partial charge in [-0.25, -0.2) is 9.97 Å². The number of anilines is 2. The van der Waals surface area contributed by atoms with E-state index in [-0.39, 0.29) is 0 Å². The van der Waals surface area contributed by atoms with Crippen molar-refractivity contribution in [3.8, 4) is 17.0 Å². The van der Waals surface area contributed by atoms with E-state index in [0.717, 1.165) is 34.7 Å². The smallest absolute Gasteiger partial charge is 0.227 e. The number of hydrogen-bond acceptors (Lipinski definition) is 5. The number of nitrogens with one attached hydrogen (secondary N) is 2. The molecular weight excluding hydrogens is 300 g/mol. The highest BCUT2D eigenvalue weighted by Gasteiger charge is 2.15. The van der Waals surface area contributed by atoms with Crippen LogP contribution in [0.5, 0.6) is 5.75 Å². The zero-order valence-electron chi connectivity index (χ0n) is 13.0. The Morgan fingerprint density at radius 1 is 1.00 bits per heavy atom. The van der Waals surface area contributed by atoms with Gasteiger partial charge in [-0.15, -0.1) is 0 Å². The lowest BCUT2D eigenvalue weighted by atomic mass is 10.1. The average molecular weight is 316 g/mol. The molecule has 24 heavy (non-hydrogen) atoms. The third kappa shape index (κ3) is 2.96. The lowest BCUT2D eigenvalue weighted by Gasteiger charge is -2.18. The first-order chi connectivity index (χ1) is 11.8. The van der Waals surface area contributed by atoms with Crippen LogP contribution in [0.1, 0.15) is 12.0 Å². The molecule has 0 amide bonds. The molecule has 5 heteroatoms. The Balaban J connectivity index is 1.60. The minimum absolute atomic E-state index is 0.307. The monoisotopic (exact) mass is 316 g/mol. The summed E-state index contributed by atoms with van der Waals surface area (Å²) >= 11 is 0. The summed E-state index contributed by atoms with van der Waals surface area (Å²) in [6, 6.07) is 17.8. The molecule has 0 fully saturated rings. The van der Waals surface area contributed by atoms with E-state index in [9.17, 15) is 0 Å². The summed E-state index contributed by atoms with van der Waals surface area (Å²) < 4.78 is 5.51. The summed E-state index contributed by atoms with van der Waals surface area (Å²) in [5.41, 5.74) is 3.87. The van der Waals surface area contributed by atoms with Gasteiger partial charge < -0.3 is 10.1 Å². The number of rotatable bonds is 3. The van der Waals surface area contributed by atoms with E-state index in [1.54, 1.807) is 6.20 Å². The number of aromatic nitrogens is 2. The van der Waals surface area contributed by atoms with Gasteiger partial charge in [0.2, 0.25) is 5.95 Å². The second-order valence-electron chi connectivity index (χ2n) is 5.60. The van der Waals surface area contributed by atoms with Crippen LogP contribution in [0, 0.1) is 5.41 Å². The minimum Gasteiger partial charge on any atom is -0.443 e. The van der Waals surface area contributed by atoms with Gasteiger partial charge in [0.1, 0.15) is 5.75 Å². The van der Waals surface area contributed by atoms with Crippen LogP contribution in [-0.2, 0) is 6.42 Å². The highest BCUT2D eigenvalue weighted by molar-refractivity contribution is 5.78. The summed E-state index contributed by atoms with van der Waals surface area (Å²) in [4.78, 5) is 8.84. The summed E-state index contributed by atoms with van der Waals surface area (Å²) in [7, 11) is 0. The number of fused-ring (bicyclic) bond motifs is 1. The summed E-state index contributed by atoms with van der Waals surface area (Å²) in [6.07, 6.45) is 3.23. The van der Waals surface area contributed by atoms with Gasteiger partial charge in [0.15, 0.2) is 5.90 Å². The van der Waals surface area contributed by atoms with Crippen molar-refractivity contribution in [1.29, 1.82) is 5.41 Å². The summed E-state index contributed by atoms with van der Waals surface area (Å²) in [5, 5.41) is 10.9. The van der Waals surface area contributed by atoms with Crippen LogP contribution in [0.2, 0.25) is 0 Å². The van der Waals surface area contributed by atoms with Gasteiger partial charge in [-0.3, -0.25) is 5.41 Å². The van der Waals surface area contributed by atoms with E-state index in [1.807, 2.05) is 54.6 Å². The van der Waals surface area contributed by atoms with Crippen molar-refractivity contribution in [2.75, 3.05) is 5.32 Å². The van der Waals surface area contributed by atoms with Crippen LogP contribution in [0.4, 0.5) is 11.6 Å². The molecule has 0 aliphatic carbocycles. The van der Waals surface area contributed by atoms with E-state index in [4.69, 9.17) is 10.1 Å². The molecule has 2 heterocycles. The standard InChI is InChI=1S/C19H16N4O/c20-18-9-7-14-6-8-15(12-17(14)24-18)22-19-21-11-10-16(23-19)13-4-2-1-3-5-13/h1-6,8,10-12,20H,7,9H2,(H,21,22,23). The average Bonchev–Trinajstić information content (AvgIpc) is 2.62. The Morgan fingerprint density at radius 2 is 1.88 bits per heavy atom. The van der Waals surface area contributed by atoms with E-state index < -0.39 is 0 Å². The summed E-state index contributed by atoms with van der Waals surface area (Å²) in [6.45, 7) is 0. The predicted octanol–water partition coefficient (Wildman–Crippen LogP) is 4.19. The molecule has 2 aromatic carbocycles. The van der Waals surface area contributed by atoms with Crippen LogP contribution in [0.3, 0.4) is 0 Å². The largest absolute Gasteiger partial charge is 0.443 e. The first kappa shape index (κ1) is 14.4. The molecule has 118 valence electrons. The molecule has 4 rings (SSSR count). The zero-order valence-corrected chi connectivity index (χ0v) is 13.0. The molecule has 0 spiro atoms. The van der Waals surface area contributed by atoms with Crippen molar-refractivity contribution in [3.63, 3.8) is 0 Å². The Bertz CT molecular complexity index is 893. The second-order valence-corrected chi connectivity index (χ2v) is 5.60. The van der Waals surface area contributed by atoms with Crippen LogP contribution in [0.25, 0.3) is 11.3 Å². The van der Waals surface area contributed by atoms with Gasteiger partial charge in [0.05, 0.1) is 5.69 Å². The maximum absolute atomic E-state index is 7.67. The Hall–Kier alpha value is -3.21. The SMILES string of the molecule is N=C1CCc2ccc(Nc3nccc(-c4ccccc4)n3)cc2O1. The van der Waals surface area contributed by atoms with Gasteiger partial charge in [-0.2, -0.15) is 0 Å². The van der Waals surface area contributed by atoms with Crippen LogP contribution < -0.4 is 10.1 Å². The molecule has 0 bridgehead atoms. The van der Waals surface area contributed by atoms with Gasteiger partial charge in [0.25, 0.3) is 0 Å². The maximum Gasteiger partial charge on any atom is 0.227 e.